The highest BCUT2D eigenvalue weighted by atomic mass is 32.2. The molecule has 0 N–H and O–H groups in total. The second-order valence-corrected chi connectivity index (χ2v) is 11.8. The van der Waals surface area contributed by atoms with E-state index in [1.807, 2.05) is 36.4 Å². The van der Waals surface area contributed by atoms with Gasteiger partial charge < -0.3 is 0 Å². The molecular weight excluding hydrogens is 478 g/mol. The Balaban J connectivity index is 1.48. The van der Waals surface area contributed by atoms with Crippen molar-refractivity contribution in [1.29, 1.82) is 0 Å². The first-order chi connectivity index (χ1) is 16.9. The molecule has 1 saturated carbocycles. The molecule has 1 amide bonds. The molecule has 4 aromatic rings. The van der Waals surface area contributed by atoms with Gasteiger partial charge in [0, 0.05) is 18.7 Å². The van der Waals surface area contributed by atoms with Crippen molar-refractivity contribution in [2.75, 3.05) is 11.9 Å². The summed E-state index contributed by atoms with van der Waals surface area (Å²) in [6.45, 7) is 2.48. The van der Waals surface area contributed by atoms with Gasteiger partial charge in [0.2, 0.25) is 10.0 Å². The molecule has 0 saturated heterocycles. The number of hydrogen-bond acceptors (Lipinski definition) is 5. The van der Waals surface area contributed by atoms with Crippen LogP contribution in [0, 0.1) is 0 Å². The summed E-state index contributed by atoms with van der Waals surface area (Å²) in [7, 11) is -1.95. The monoisotopic (exact) mass is 505 g/mol. The highest BCUT2D eigenvalue weighted by Gasteiger charge is 2.35. The Hall–Kier alpha value is -3.07. The summed E-state index contributed by atoms with van der Waals surface area (Å²) in [6, 6.07) is 22.3. The lowest BCUT2D eigenvalue weighted by molar-refractivity contribution is 0.0985. The Morgan fingerprint density at radius 2 is 1.71 bits per heavy atom. The molecule has 1 fully saturated rings. The summed E-state index contributed by atoms with van der Waals surface area (Å²) in [4.78, 5) is 20.3. The van der Waals surface area contributed by atoms with Crippen LogP contribution in [0.2, 0.25) is 0 Å². The number of anilines is 1. The van der Waals surface area contributed by atoms with Crippen molar-refractivity contribution in [2.24, 2.45) is 0 Å². The minimum Gasteiger partial charge on any atom is -0.279 e. The van der Waals surface area contributed by atoms with Crippen molar-refractivity contribution in [3.05, 3.63) is 89.5 Å². The molecule has 0 aliphatic heterocycles. The van der Waals surface area contributed by atoms with E-state index in [2.05, 4.69) is 19.1 Å². The standard InChI is InChI=1S/C27H27N3O3S2/c1-3-19-9-16-24-25(17-19)34-27(28-24)30(18-20-7-5-4-6-8-20)26(31)21-10-14-23(15-11-21)35(32,33)29(2)22-12-13-22/h4-11,14-17,22H,3,12-13,18H2,1-2H3. The fraction of sp³-hybridized carbons (Fsp3) is 0.259. The Morgan fingerprint density at radius 3 is 2.37 bits per heavy atom. The normalized spacial score (nSPS) is 13.9. The first-order valence-electron chi connectivity index (χ1n) is 11.7. The summed E-state index contributed by atoms with van der Waals surface area (Å²) in [5.74, 6) is -0.219. The van der Waals surface area contributed by atoms with Crippen LogP contribution in [0.15, 0.2) is 77.7 Å². The second-order valence-electron chi connectivity index (χ2n) is 8.81. The summed E-state index contributed by atoms with van der Waals surface area (Å²) < 4.78 is 28.2. The molecule has 0 atom stereocenters. The molecule has 1 aliphatic rings. The fourth-order valence-corrected chi connectivity index (χ4v) is 6.45. The summed E-state index contributed by atoms with van der Waals surface area (Å²) in [5.41, 5.74) is 3.49. The number of fused-ring (bicyclic) bond motifs is 1. The Bertz CT molecular complexity index is 1460. The number of benzene rings is 3. The van der Waals surface area contributed by atoms with Crippen molar-refractivity contribution in [2.45, 2.75) is 43.7 Å². The lowest BCUT2D eigenvalue weighted by Gasteiger charge is -2.21. The van der Waals surface area contributed by atoms with Crippen molar-refractivity contribution >= 4 is 42.6 Å². The van der Waals surface area contributed by atoms with Crippen LogP contribution in [0.3, 0.4) is 0 Å². The maximum Gasteiger partial charge on any atom is 0.260 e. The molecule has 5 rings (SSSR count). The van der Waals surface area contributed by atoms with Crippen LogP contribution in [0.4, 0.5) is 5.13 Å². The molecule has 0 bridgehead atoms. The third kappa shape index (κ3) is 4.87. The zero-order chi connectivity index (χ0) is 24.6. The van der Waals surface area contributed by atoms with Crippen LogP contribution < -0.4 is 4.90 Å². The van der Waals surface area contributed by atoms with Crippen LogP contribution in [-0.4, -0.2) is 36.7 Å². The number of carbonyl (C=O) groups is 1. The number of thiazole rings is 1. The smallest absolute Gasteiger partial charge is 0.260 e. The van der Waals surface area contributed by atoms with E-state index in [-0.39, 0.29) is 16.8 Å². The number of hydrogen-bond donors (Lipinski definition) is 0. The minimum absolute atomic E-state index is 0.0786. The lowest BCUT2D eigenvalue weighted by Crippen LogP contribution is -2.31. The van der Waals surface area contributed by atoms with E-state index in [1.54, 1.807) is 24.1 Å². The van der Waals surface area contributed by atoms with Crippen molar-refractivity contribution in [3.8, 4) is 0 Å². The number of aryl methyl sites for hydroxylation is 1. The first kappa shape index (κ1) is 23.7. The minimum atomic E-state index is -3.57. The molecule has 180 valence electrons. The van der Waals surface area contributed by atoms with Gasteiger partial charge in [-0.1, -0.05) is 54.7 Å². The molecule has 1 aliphatic carbocycles. The van der Waals surface area contributed by atoms with Gasteiger partial charge in [-0.15, -0.1) is 0 Å². The third-order valence-corrected chi connectivity index (χ3v) is 9.31. The largest absolute Gasteiger partial charge is 0.279 e. The van der Waals surface area contributed by atoms with E-state index in [0.29, 0.717) is 17.2 Å². The van der Waals surface area contributed by atoms with Crippen molar-refractivity contribution < 1.29 is 13.2 Å². The van der Waals surface area contributed by atoms with Gasteiger partial charge in [0.15, 0.2) is 5.13 Å². The number of nitrogens with zero attached hydrogens (tertiary/aromatic N) is 3. The van der Waals surface area contributed by atoms with Gasteiger partial charge in [-0.25, -0.2) is 13.4 Å². The predicted molar refractivity (Wildman–Crippen MR) is 140 cm³/mol. The van der Waals surface area contributed by atoms with Crippen LogP contribution in [0.25, 0.3) is 10.2 Å². The fourth-order valence-electron chi connectivity index (χ4n) is 4.01. The third-order valence-electron chi connectivity index (χ3n) is 6.35. The van der Waals surface area contributed by atoms with Crippen LogP contribution in [0.1, 0.15) is 41.3 Å². The SMILES string of the molecule is CCc1ccc2nc(N(Cc3ccccc3)C(=O)c3ccc(S(=O)(=O)N(C)C4CC4)cc3)sc2c1. The molecule has 8 heteroatoms. The van der Waals surface area contributed by atoms with Gasteiger partial charge in [-0.3, -0.25) is 9.69 Å². The van der Waals surface area contributed by atoms with Crippen molar-refractivity contribution in [3.63, 3.8) is 0 Å². The highest BCUT2D eigenvalue weighted by molar-refractivity contribution is 7.89. The topological polar surface area (TPSA) is 70.6 Å². The average Bonchev–Trinajstić information content (AvgIpc) is 3.65. The van der Waals surface area contributed by atoms with Gasteiger partial charge in [0.25, 0.3) is 5.91 Å². The molecule has 0 unspecified atom stereocenters. The predicted octanol–water partition coefficient (Wildman–Crippen LogP) is 5.49. The summed E-state index contributed by atoms with van der Waals surface area (Å²) >= 11 is 1.49. The van der Waals surface area contributed by atoms with E-state index in [1.165, 1.54) is 33.3 Å². The molecule has 1 heterocycles. The maximum absolute atomic E-state index is 13.7. The quantitative estimate of drug-likeness (QED) is 0.318. The number of sulfonamides is 1. The Labute approximate surface area is 209 Å². The molecule has 0 spiro atoms. The van der Waals surface area contributed by atoms with Crippen molar-refractivity contribution in [1.82, 2.24) is 9.29 Å². The Kier molecular flexibility index (Phi) is 6.44. The van der Waals surface area contributed by atoms with Crippen LogP contribution in [0.5, 0.6) is 0 Å². The van der Waals surface area contributed by atoms with Gasteiger partial charge in [-0.05, 0) is 66.8 Å². The summed E-state index contributed by atoms with van der Waals surface area (Å²) in [5, 5.41) is 0.618. The summed E-state index contributed by atoms with van der Waals surface area (Å²) in [6.07, 6.45) is 2.71. The first-order valence-corrected chi connectivity index (χ1v) is 14.0. The Morgan fingerprint density at radius 1 is 1.00 bits per heavy atom. The lowest BCUT2D eigenvalue weighted by atomic mass is 10.1. The zero-order valence-corrected chi connectivity index (χ0v) is 21.3. The van der Waals surface area contributed by atoms with E-state index in [9.17, 15) is 13.2 Å². The number of rotatable bonds is 8. The van der Waals surface area contributed by atoms with E-state index >= 15 is 0 Å². The van der Waals surface area contributed by atoms with Crippen LogP contribution >= 0.6 is 11.3 Å². The van der Waals surface area contributed by atoms with Gasteiger partial charge in [0.1, 0.15) is 0 Å². The number of aromatic nitrogens is 1. The van der Waals surface area contributed by atoms with Gasteiger partial charge in [-0.2, -0.15) is 4.31 Å². The molecule has 3 aromatic carbocycles. The van der Waals surface area contributed by atoms with E-state index in [0.717, 1.165) is 35.0 Å². The molecule has 6 nitrogen and oxygen atoms in total. The number of carbonyl (C=O) groups excluding carboxylic acids is 1. The number of amides is 1. The van der Waals surface area contributed by atoms with Gasteiger partial charge in [0.05, 0.1) is 21.7 Å². The molecular formula is C27H27N3O3S2. The molecule has 35 heavy (non-hydrogen) atoms. The second kappa shape index (κ2) is 9.53. The zero-order valence-electron chi connectivity index (χ0n) is 19.7. The van der Waals surface area contributed by atoms with Crippen LogP contribution in [-0.2, 0) is 23.0 Å². The highest BCUT2D eigenvalue weighted by Crippen LogP contribution is 2.33. The van der Waals surface area contributed by atoms with E-state index in [4.69, 9.17) is 4.98 Å². The average molecular weight is 506 g/mol. The maximum atomic E-state index is 13.7. The van der Waals surface area contributed by atoms with Gasteiger partial charge >= 0.3 is 0 Å². The van der Waals surface area contributed by atoms with E-state index < -0.39 is 10.0 Å². The molecule has 0 radical (unpaired) electrons. The molecule has 1 aromatic heterocycles.